The Kier molecular flexibility index (Phi) is 3.43. The first-order valence-electron chi connectivity index (χ1n) is 7.19. The molecule has 3 aromatic rings. The van der Waals surface area contributed by atoms with Gasteiger partial charge in [0.25, 0.3) is 17.5 Å². The van der Waals surface area contributed by atoms with E-state index in [4.69, 9.17) is 4.52 Å². The highest BCUT2D eigenvalue weighted by molar-refractivity contribution is 7.13. The standard InChI is InChI=1S/C16H9N3O5S/c20-15-10-3-1-4-11(19(22)23)14(10)16(21)18(15)8-9-7-12(24-17-9)13-5-2-6-25-13/h1-7H,8H2. The second-order valence-electron chi connectivity index (χ2n) is 5.31. The summed E-state index contributed by atoms with van der Waals surface area (Å²) < 4.78 is 5.23. The van der Waals surface area contributed by atoms with Crippen molar-refractivity contribution in [3.8, 4) is 10.6 Å². The molecule has 0 atom stereocenters. The van der Waals surface area contributed by atoms with Gasteiger partial charge in [-0.3, -0.25) is 24.6 Å². The fourth-order valence-corrected chi connectivity index (χ4v) is 3.37. The van der Waals surface area contributed by atoms with Gasteiger partial charge in [0.05, 0.1) is 21.9 Å². The number of carbonyl (C=O) groups excluding carboxylic acids is 2. The molecule has 0 spiro atoms. The highest BCUT2D eigenvalue weighted by Gasteiger charge is 2.41. The number of nitrogens with zero attached hydrogens (tertiary/aromatic N) is 3. The van der Waals surface area contributed by atoms with Crippen LogP contribution < -0.4 is 0 Å². The van der Waals surface area contributed by atoms with Crippen molar-refractivity contribution in [2.24, 2.45) is 0 Å². The lowest BCUT2D eigenvalue weighted by Gasteiger charge is -2.10. The van der Waals surface area contributed by atoms with Gasteiger partial charge in [0.1, 0.15) is 11.3 Å². The minimum Gasteiger partial charge on any atom is -0.355 e. The SMILES string of the molecule is O=C1c2cccc([N+](=O)[O-])c2C(=O)N1Cc1cc(-c2cccs2)on1. The number of nitro groups is 1. The third-order valence-corrected chi connectivity index (χ3v) is 4.70. The highest BCUT2D eigenvalue weighted by Crippen LogP contribution is 2.32. The van der Waals surface area contributed by atoms with E-state index in [2.05, 4.69) is 5.16 Å². The van der Waals surface area contributed by atoms with Crippen LogP contribution >= 0.6 is 11.3 Å². The Hall–Kier alpha value is -3.33. The lowest BCUT2D eigenvalue weighted by Crippen LogP contribution is -2.29. The van der Waals surface area contributed by atoms with Crippen LogP contribution in [-0.4, -0.2) is 26.8 Å². The molecule has 0 unspecified atom stereocenters. The minimum absolute atomic E-state index is 0.0289. The average molecular weight is 355 g/mol. The van der Waals surface area contributed by atoms with Gasteiger partial charge in [-0.25, -0.2) is 0 Å². The molecule has 9 heteroatoms. The third-order valence-electron chi connectivity index (χ3n) is 3.82. The second kappa shape index (κ2) is 5.64. The molecule has 2 amide bonds. The van der Waals surface area contributed by atoms with E-state index < -0.39 is 16.7 Å². The molecule has 0 N–H and O–H groups in total. The number of hydrogen-bond donors (Lipinski definition) is 0. The Balaban J connectivity index is 1.65. The van der Waals surface area contributed by atoms with Crippen LogP contribution in [0.2, 0.25) is 0 Å². The second-order valence-corrected chi connectivity index (χ2v) is 6.26. The highest BCUT2D eigenvalue weighted by atomic mass is 32.1. The van der Waals surface area contributed by atoms with Gasteiger partial charge < -0.3 is 4.52 Å². The van der Waals surface area contributed by atoms with Gasteiger partial charge in [0.15, 0.2) is 5.76 Å². The lowest BCUT2D eigenvalue weighted by atomic mass is 10.1. The van der Waals surface area contributed by atoms with Gasteiger partial charge in [-0.1, -0.05) is 17.3 Å². The maximum Gasteiger partial charge on any atom is 0.282 e. The summed E-state index contributed by atoms with van der Waals surface area (Å²) in [7, 11) is 0. The topological polar surface area (TPSA) is 107 Å². The Morgan fingerprint density at radius 3 is 2.76 bits per heavy atom. The first-order chi connectivity index (χ1) is 12.1. The van der Waals surface area contributed by atoms with Crippen LogP contribution in [0, 0.1) is 10.1 Å². The van der Waals surface area contributed by atoms with Gasteiger partial charge in [-0.15, -0.1) is 11.3 Å². The maximum atomic E-state index is 12.5. The summed E-state index contributed by atoms with van der Waals surface area (Å²) >= 11 is 1.47. The van der Waals surface area contributed by atoms with E-state index in [9.17, 15) is 19.7 Å². The Bertz CT molecular complexity index is 1010. The van der Waals surface area contributed by atoms with Crippen molar-refractivity contribution in [1.29, 1.82) is 0 Å². The summed E-state index contributed by atoms with van der Waals surface area (Å²) in [5.41, 5.74) is -0.140. The first-order valence-corrected chi connectivity index (χ1v) is 8.07. The molecule has 0 bridgehead atoms. The maximum absolute atomic E-state index is 12.5. The summed E-state index contributed by atoms with van der Waals surface area (Å²) in [4.78, 5) is 37.2. The molecule has 0 radical (unpaired) electrons. The number of thiophene rings is 1. The summed E-state index contributed by atoms with van der Waals surface area (Å²) in [6.07, 6.45) is 0. The predicted octanol–water partition coefficient (Wildman–Crippen LogP) is 3.11. The summed E-state index contributed by atoms with van der Waals surface area (Å²) in [5.74, 6) is -0.745. The predicted molar refractivity (Wildman–Crippen MR) is 87.1 cm³/mol. The third kappa shape index (κ3) is 2.41. The van der Waals surface area contributed by atoms with E-state index in [0.717, 1.165) is 9.78 Å². The van der Waals surface area contributed by atoms with Crippen molar-refractivity contribution in [3.05, 3.63) is 68.7 Å². The van der Waals surface area contributed by atoms with Gasteiger partial charge in [-0.2, -0.15) is 0 Å². The average Bonchev–Trinajstić information content (AvgIpc) is 3.32. The van der Waals surface area contributed by atoms with Crippen molar-refractivity contribution >= 4 is 28.8 Å². The molecule has 8 nitrogen and oxygen atoms in total. The molecule has 0 aliphatic carbocycles. The van der Waals surface area contributed by atoms with Crippen LogP contribution in [0.5, 0.6) is 0 Å². The van der Waals surface area contributed by atoms with Gasteiger partial charge >= 0.3 is 0 Å². The molecule has 0 saturated carbocycles. The largest absolute Gasteiger partial charge is 0.355 e. The molecule has 25 heavy (non-hydrogen) atoms. The van der Waals surface area contributed by atoms with E-state index in [1.54, 1.807) is 6.07 Å². The van der Waals surface area contributed by atoms with Crippen molar-refractivity contribution in [3.63, 3.8) is 0 Å². The van der Waals surface area contributed by atoms with E-state index in [0.29, 0.717) is 11.5 Å². The van der Waals surface area contributed by atoms with Crippen molar-refractivity contribution in [2.75, 3.05) is 0 Å². The first kappa shape index (κ1) is 15.2. The zero-order chi connectivity index (χ0) is 17.6. The molecule has 1 aliphatic rings. The molecule has 1 aliphatic heterocycles. The van der Waals surface area contributed by atoms with E-state index in [1.165, 1.54) is 29.5 Å². The molecule has 124 valence electrons. The van der Waals surface area contributed by atoms with Gasteiger partial charge in [-0.05, 0) is 17.5 Å². The van der Waals surface area contributed by atoms with Crippen molar-refractivity contribution < 1.29 is 19.0 Å². The van der Waals surface area contributed by atoms with Crippen LogP contribution in [0.4, 0.5) is 5.69 Å². The van der Waals surface area contributed by atoms with Gasteiger partial charge in [0, 0.05) is 12.1 Å². The number of fused-ring (bicyclic) bond motifs is 1. The summed E-state index contributed by atoms with van der Waals surface area (Å²) in [6, 6.07) is 9.37. The minimum atomic E-state index is -0.701. The molecule has 0 fully saturated rings. The molecule has 1 aromatic carbocycles. The Morgan fingerprint density at radius 1 is 1.20 bits per heavy atom. The summed E-state index contributed by atoms with van der Waals surface area (Å²) in [6.45, 7) is -0.113. The Morgan fingerprint density at radius 2 is 2.04 bits per heavy atom. The zero-order valence-electron chi connectivity index (χ0n) is 12.5. The van der Waals surface area contributed by atoms with E-state index in [1.807, 2.05) is 17.5 Å². The molecule has 2 aromatic heterocycles. The number of rotatable bonds is 4. The lowest BCUT2D eigenvalue weighted by molar-refractivity contribution is -0.385. The molecule has 0 saturated heterocycles. The number of nitro benzene ring substituents is 1. The molecule has 3 heterocycles. The number of amides is 2. The fourth-order valence-electron chi connectivity index (χ4n) is 2.69. The monoisotopic (exact) mass is 355 g/mol. The summed E-state index contributed by atoms with van der Waals surface area (Å²) in [5, 5.41) is 16.9. The van der Waals surface area contributed by atoms with Gasteiger partial charge in [0.2, 0.25) is 0 Å². The van der Waals surface area contributed by atoms with Crippen LogP contribution in [0.15, 0.2) is 46.3 Å². The molecular weight excluding hydrogens is 346 g/mol. The molecular formula is C16H9N3O5S. The van der Waals surface area contributed by atoms with Crippen molar-refractivity contribution in [1.82, 2.24) is 10.1 Å². The number of hydrogen-bond acceptors (Lipinski definition) is 7. The van der Waals surface area contributed by atoms with E-state index in [-0.39, 0.29) is 23.4 Å². The smallest absolute Gasteiger partial charge is 0.282 e. The number of aromatic nitrogens is 1. The normalized spacial score (nSPS) is 13.4. The zero-order valence-corrected chi connectivity index (χ0v) is 13.4. The fraction of sp³-hybridized carbons (Fsp3) is 0.0625. The Labute approximate surface area is 144 Å². The quantitative estimate of drug-likeness (QED) is 0.404. The van der Waals surface area contributed by atoms with Crippen LogP contribution in [0.25, 0.3) is 10.6 Å². The van der Waals surface area contributed by atoms with Crippen LogP contribution in [0.1, 0.15) is 26.4 Å². The number of carbonyl (C=O) groups is 2. The number of imide groups is 1. The van der Waals surface area contributed by atoms with Crippen LogP contribution in [-0.2, 0) is 6.54 Å². The van der Waals surface area contributed by atoms with Crippen molar-refractivity contribution in [2.45, 2.75) is 6.54 Å². The van der Waals surface area contributed by atoms with E-state index >= 15 is 0 Å². The number of benzene rings is 1. The molecule has 4 rings (SSSR count). The van der Waals surface area contributed by atoms with Crippen LogP contribution in [0.3, 0.4) is 0 Å².